The summed E-state index contributed by atoms with van der Waals surface area (Å²) in [7, 11) is 0. The van der Waals surface area contributed by atoms with Crippen molar-refractivity contribution >= 4 is 38.7 Å². The first-order valence-corrected chi connectivity index (χ1v) is 21.1. The molecule has 5 atom stereocenters. The van der Waals surface area contributed by atoms with Crippen molar-refractivity contribution in [3.05, 3.63) is 204 Å². The molecule has 4 aliphatic carbocycles. The number of rotatable bonds is 13. The lowest BCUT2D eigenvalue weighted by Gasteiger charge is -2.31. The van der Waals surface area contributed by atoms with Crippen LogP contribution in [0.5, 0.6) is 11.5 Å². The summed E-state index contributed by atoms with van der Waals surface area (Å²) in [6.45, 7) is 2.74. The van der Waals surface area contributed by atoms with Crippen molar-refractivity contribution in [2.24, 2.45) is 17.8 Å². The quantitative estimate of drug-likeness (QED) is 0.0866. The molecule has 1 saturated carbocycles. The number of esters is 1. The van der Waals surface area contributed by atoms with E-state index >= 15 is 0 Å². The van der Waals surface area contributed by atoms with Gasteiger partial charge in [0.1, 0.15) is 23.7 Å². The third-order valence-electron chi connectivity index (χ3n) is 13.1. The highest BCUT2D eigenvalue weighted by molar-refractivity contribution is 5.98. The van der Waals surface area contributed by atoms with Crippen molar-refractivity contribution in [3.63, 3.8) is 0 Å². The molecule has 292 valence electrons. The molecular formula is C55H48O4. The van der Waals surface area contributed by atoms with Gasteiger partial charge in [0.15, 0.2) is 0 Å². The molecule has 0 N–H and O–H groups in total. The van der Waals surface area contributed by atoms with Crippen molar-refractivity contribution in [1.29, 1.82) is 0 Å². The van der Waals surface area contributed by atoms with Gasteiger partial charge in [-0.05, 0) is 141 Å². The smallest absolute Gasteiger partial charge is 0.305 e. The molecule has 4 aliphatic rings. The van der Waals surface area contributed by atoms with E-state index in [-0.39, 0.29) is 18.2 Å². The van der Waals surface area contributed by atoms with Crippen molar-refractivity contribution in [3.8, 4) is 11.5 Å². The summed E-state index contributed by atoms with van der Waals surface area (Å²) >= 11 is 0. The zero-order chi connectivity index (χ0) is 39.8. The van der Waals surface area contributed by atoms with Crippen LogP contribution in [0.4, 0.5) is 0 Å². The van der Waals surface area contributed by atoms with Gasteiger partial charge in [-0.1, -0.05) is 140 Å². The zero-order valence-corrected chi connectivity index (χ0v) is 33.4. The summed E-state index contributed by atoms with van der Waals surface area (Å²) in [6, 6.07) is 46.6. The van der Waals surface area contributed by atoms with Crippen LogP contribution in [0.25, 0.3) is 32.7 Å². The summed E-state index contributed by atoms with van der Waals surface area (Å²) < 4.78 is 18.9. The molecule has 0 amide bonds. The van der Waals surface area contributed by atoms with Gasteiger partial charge in [0.2, 0.25) is 0 Å². The molecule has 59 heavy (non-hydrogen) atoms. The van der Waals surface area contributed by atoms with Crippen LogP contribution in [0.1, 0.15) is 54.9 Å². The van der Waals surface area contributed by atoms with Crippen LogP contribution in [0.2, 0.25) is 0 Å². The second kappa shape index (κ2) is 15.8. The van der Waals surface area contributed by atoms with E-state index in [2.05, 4.69) is 189 Å². The lowest BCUT2D eigenvalue weighted by Crippen LogP contribution is -2.26. The Morgan fingerprint density at radius 2 is 1.12 bits per heavy atom. The SMILES string of the molecule is CC(CCC(=O)OCC1CC2C=CC1C2)(c1ccc(OC2C=CC(c3cccc4ccccc34)=C2)cc1)c1ccc(OC2C=CC(c3cccc4ccccc34)=C2)cc1. The lowest BCUT2D eigenvalue weighted by molar-refractivity contribution is -0.145. The molecule has 6 aromatic rings. The Bertz CT molecular complexity index is 2510. The van der Waals surface area contributed by atoms with Crippen molar-refractivity contribution in [2.45, 2.75) is 50.2 Å². The van der Waals surface area contributed by atoms with Gasteiger partial charge < -0.3 is 14.2 Å². The Hall–Kier alpha value is -6.39. The van der Waals surface area contributed by atoms with Gasteiger partial charge in [-0.25, -0.2) is 0 Å². The van der Waals surface area contributed by atoms with Gasteiger partial charge in [-0.3, -0.25) is 4.79 Å². The standard InChI is InChI=1S/C55H48O4/c1-55(31-30-54(56)57-36-43-33-37-16-17-40(43)32-37,44-20-26-46(27-21-44)58-48-24-18-41(34-48)52-14-6-10-38-8-2-4-12-50(38)52)45-22-28-47(29-23-45)59-49-25-19-42(35-49)53-15-7-11-39-9-3-5-13-51(39)53/h2-29,34-35,37,40,43,48-49H,30-33,36H2,1H3. The van der Waals surface area contributed by atoms with E-state index in [0.29, 0.717) is 37.2 Å². The van der Waals surface area contributed by atoms with Crippen LogP contribution in [0.3, 0.4) is 0 Å². The molecule has 2 bridgehead atoms. The Morgan fingerprint density at radius 1 is 0.593 bits per heavy atom. The number of allylic oxidation sites excluding steroid dienone is 6. The van der Waals surface area contributed by atoms with Gasteiger partial charge in [-0.2, -0.15) is 0 Å². The monoisotopic (exact) mass is 772 g/mol. The molecule has 0 heterocycles. The van der Waals surface area contributed by atoms with E-state index in [4.69, 9.17) is 14.2 Å². The lowest BCUT2D eigenvalue weighted by atomic mass is 9.73. The summed E-state index contributed by atoms with van der Waals surface area (Å²) in [6.07, 6.45) is 20.5. The van der Waals surface area contributed by atoms with Crippen LogP contribution in [0, 0.1) is 17.8 Å². The molecule has 6 aromatic carbocycles. The normalized spacial score (nSPS) is 22.4. The zero-order valence-electron chi connectivity index (χ0n) is 33.4. The van der Waals surface area contributed by atoms with Gasteiger partial charge in [-0.15, -0.1) is 0 Å². The summed E-state index contributed by atoms with van der Waals surface area (Å²) in [5, 5.41) is 4.93. The van der Waals surface area contributed by atoms with E-state index in [9.17, 15) is 4.79 Å². The molecule has 0 spiro atoms. The molecule has 4 heteroatoms. The minimum atomic E-state index is -0.464. The number of carbonyl (C=O) groups is 1. The first-order valence-electron chi connectivity index (χ1n) is 21.1. The third-order valence-corrected chi connectivity index (χ3v) is 13.1. The van der Waals surface area contributed by atoms with Crippen molar-refractivity contribution < 1.29 is 19.0 Å². The third kappa shape index (κ3) is 7.56. The summed E-state index contributed by atoms with van der Waals surface area (Å²) in [4.78, 5) is 13.3. The minimum absolute atomic E-state index is 0.133. The maximum Gasteiger partial charge on any atom is 0.305 e. The van der Waals surface area contributed by atoms with E-state index in [0.717, 1.165) is 40.2 Å². The van der Waals surface area contributed by atoms with E-state index in [1.165, 1.54) is 39.1 Å². The number of ether oxygens (including phenoxy) is 3. The number of hydrogen-bond donors (Lipinski definition) is 0. The van der Waals surface area contributed by atoms with Crippen molar-refractivity contribution in [2.75, 3.05) is 6.61 Å². The van der Waals surface area contributed by atoms with Crippen LogP contribution in [-0.2, 0) is 14.9 Å². The Labute approximate surface area is 346 Å². The average Bonchev–Trinajstić information content (AvgIpc) is 4.12. The Kier molecular flexibility index (Phi) is 9.86. The van der Waals surface area contributed by atoms with Gasteiger partial charge in [0, 0.05) is 11.8 Å². The number of benzene rings is 6. The molecule has 5 unspecified atom stereocenters. The van der Waals surface area contributed by atoms with Crippen LogP contribution in [-0.4, -0.2) is 24.8 Å². The Balaban J connectivity index is 0.852. The van der Waals surface area contributed by atoms with E-state index in [1.54, 1.807) is 0 Å². The fraction of sp³-hybridized carbons (Fsp3) is 0.218. The highest BCUT2D eigenvalue weighted by atomic mass is 16.5. The largest absolute Gasteiger partial charge is 0.482 e. The van der Waals surface area contributed by atoms with E-state index in [1.807, 2.05) is 0 Å². The summed E-state index contributed by atoms with van der Waals surface area (Å²) in [5.41, 5.74) is 6.50. The average molecular weight is 773 g/mol. The fourth-order valence-corrected chi connectivity index (χ4v) is 9.72. The van der Waals surface area contributed by atoms with Gasteiger partial charge in [0.25, 0.3) is 0 Å². The molecule has 0 aromatic heterocycles. The van der Waals surface area contributed by atoms with Gasteiger partial charge in [0.05, 0.1) is 6.61 Å². The molecule has 1 fully saturated rings. The molecule has 0 radical (unpaired) electrons. The second-order valence-corrected chi connectivity index (χ2v) is 16.8. The minimum Gasteiger partial charge on any atom is -0.482 e. The van der Waals surface area contributed by atoms with Crippen LogP contribution in [0.15, 0.2) is 182 Å². The van der Waals surface area contributed by atoms with Crippen molar-refractivity contribution in [1.82, 2.24) is 0 Å². The highest BCUT2D eigenvalue weighted by Crippen LogP contribution is 2.44. The predicted octanol–water partition coefficient (Wildman–Crippen LogP) is 12.6. The topological polar surface area (TPSA) is 44.8 Å². The van der Waals surface area contributed by atoms with Crippen LogP contribution >= 0.6 is 0 Å². The molecule has 0 aliphatic heterocycles. The molecular weight excluding hydrogens is 725 g/mol. The number of fused-ring (bicyclic) bond motifs is 4. The number of carbonyl (C=O) groups excluding carboxylic acids is 1. The molecule has 0 saturated heterocycles. The second-order valence-electron chi connectivity index (χ2n) is 16.8. The molecule has 10 rings (SSSR count). The van der Waals surface area contributed by atoms with Gasteiger partial charge >= 0.3 is 5.97 Å². The first kappa shape index (κ1) is 36.9. The highest BCUT2D eigenvalue weighted by Gasteiger charge is 2.36. The maximum absolute atomic E-state index is 13.3. The predicted molar refractivity (Wildman–Crippen MR) is 239 cm³/mol. The van der Waals surface area contributed by atoms with Crippen LogP contribution < -0.4 is 9.47 Å². The molecule has 4 nitrogen and oxygen atoms in total. The first-order chi connectivity index (χ1) is 28.9. The maximum atomic E-state index is 13.3. The fourth-order valence-electron chi connectivity index (χ4n) is 9.72. The Morgan fingerprint density at radius 3 is 1.63 bits per heavy atom. The van der Waals surface area contributed by atoms with E-state index < -0.39 is 5.41 Å². The number of hydrogen-bond acceptors (Lipinski definition) is 4. The summed E-state index contributed by atoms with van der Waals surface area (Å²) in [5.74, 6) is 3.12.